The van der Waals surface area contributed by atoms with Crippen LogP contribution in [0.1, 0.15) is 36.8 Å². The van der Waals surface area contributed by atoms with Gasteiger partial charge in [0.15, 0.2) is 0 Å². The van der Waals surface area contributed by atoms with E-state index in [0.29, 0.717) is 12.1 Å². The van der Waals surface area contributed by atoms with Crippen LogP contribution in [0, 0.1) is 0 Å². The van der Waals surface area contributed by atoms with Gasteiger partial charge in [-0.3, -0.25) is 0 Å². The normalized spacial score (nSPS) is 19.3. The fraction of sp³-hybridized carbons (Fsp3) is 0.286. The third kappa shape index (κ3) is 4.12. The fourth-order valence-electron chi connectivity index (χ4n) is 4.99. The summed E-state index contributed by atoms with van der Waals surface area (Å²) in [6.45, 7) is 1.86. The molecule has 4 aromatic rings. The van der Waals surface area contributed by atoms with Crippen LogP contribution in [0.5, 0.6) is 0 Å². The second kappa shape index (κ2) is 8.99. The van der Waals surface area contributed by atoms with Crippen molar-refractivity contribution >= 4 is 21.5 Å². The van der Waals surface area contributed by atoms with Gasteiger partial charge >= 0.3 is 0 Å². The summed E-state index contributed by atoms with van der Waals surface area (Å²) in [7, 11) is 0. The minimum Gasteiger partial charge on any atom is -0.308 e. The van der Waals surface area contributed by atoms with Gasteiger partial charge in [-0.1, -0.05) is 97.8 Å². The Bertz CT molecular complexity index is 1030. The Kier molecular flexibility index (Phi) is 5.78. The highest BCUT2D eigenvalue weighted by Crippen LogP contribution is 2.23. The molecule has 5 rings (SSSR count). The highest BCUT2D eigenvalue weighted by Gasteiger charge is 2.24. The quantitative estimate of drug-likeness (QED) is 0.408. The summed E-state index contributed by atoms with van der Waals surface area (Å²) in [5.41, 5.74) is 2.79. The van der Waals surface area contributed by atoms with E-state index in [2.05, 4.69) is 95.6 Å². The molecule has 1 saturated carbocycles. The zero-order valence-corrected chi connectivity index (χ0v) is 17.5. The van der Waals surface area contributed by atoms with Crippen LogP contribution < -0.4 is 10.6 Å². The molecule has 0 spiro atoms. The topological polar surface area (TPSA) is 24.1 Å². The maximum atomic E-state index is 3.89. The van der Waals surface area contributed by atoms with Gasteiger partial charge in [0.05, 0.1) is 0 Å². The molecule has 0 amide bonds. The minimum atomic E-state index is 0.521. The molecule has 0 unspecified atom stereocenters. The maximum absolute atomic E-state index is 3.89. The van der Waals surface area contributed by atoms with Gasteiger partial charge in [-0.25, -0.2) is 0 Å². The molecule has 0 aromatic heterocycles. The highest BCUT2D eigenvalue weighted by atomic mass is 15.0. The molecule has 2 atom stereocenters. The van der Waals surface area contributed by atoms with Crippen molar-refractivity contribution < 1.29 is 0 Å². The summed E-state index contributed by atoms with van der Waals surface area (Å²) >= 11 is 0. The first-order valence-electron chi connectivity index (χ1n) is 11.3. The van der Waals surface area contributed by atoms with Crippen LogP contribution >= 0.6 is 0 Å². The van der Waals surface area contributed by atoms with Crippen LogP contribution in [0.4, 0.5) is 0 Å². The number of hydrogen-bond acceptors (Lipinski definition) is 2. The first-order chi connectivity index (χ1) is 14.9. The van der Waals surface area contributed by atoms with E-state index in [1.54, 1.807) is 0 Å². The molecule has 4 aromatic carbocycles. The molecule has 1 aliphatic rings. The second-order valence-electron chi connectivity index (χ2n) is 8.54. The van der Waals surface area contributed by atoms with Gasteiger partial charge in [0.2, 0.25) is 0 Å². The van der Waals surface area contributed by atoms with E-state index in [9.17, 15) is 0 Å². The average molecular weight is 395 g/mol. The molecule has 0 aliphatic heterocycles. The van der Waals surface area contributed by atoms with Gasteiger partial charge in [0.25, 0.3) is 0 Å². The van der Waals surface area contributed by atoms with E-state index < -0.39 is 0 Å². The van der Waals surface area contributed by atoms with Crippen LogP contribution in [-0.2, 0) is 13.1 Å². The van der Waals surface area contributed by atoms with Crippen LogP contribution in [0.15, 0.2) is 84.9 Å². The molecule has 30 heavy (non-hydrogen) atoms. The van der Waals surface area contributed by atoms with Crippen molar-refractivity contribution in [1.82, 2.24) is 10.6 Å². The first-order valence-corrected chi connectivity index (χ1v) is 11.3. The monoisotopic (exact) mass is 394 g/mol. The van der Waals surface area contributed by atoms with Gasteiger partial charge in [-0.05, 0) is 45.5 Å². The summed E-state index contributed by atoms with van der Waals surface area (Å²) in [6, 6.07) is 31.7. The molecular formula is C28H30N2. The summed E-state index contributed by atoms with van der Waals surface area (Å²) in [4.78, 5) is 0. The SMILES string of the molecule is c1ccc2c(CN[C@@H]3CCCC[C@H]3NCc3cccc4ccccc34)cccc2c1. The number of hydrogen-bond donors (Lipinski definition) is 2. The van der Waals surface area contributed by atoms with Gasteiger partial charge in [-0.2, -0.15) is 0 Å². The molecule has 0 radical (unpaired) electrons. The third-order valence-electron chi connectivity index (χ3n) is 6.64. The van der Waals surface area contributed by atoms with Crippen molar-refractivity contribution in [2.24, 2.45) is 0 Å². The number of rotatable bonds is 6. The summed E-state index contributed by atoms with van der Waals surface area (Å²) < 4.78 is 0. The lowest BCUT2D eigenvalue weighted by Gasteiger charge is -2.33. The molecule has 0 heterocycles. The second-order valence-corrected chi connectivity index (χ2v) is 8.54. The Balaban J connectivity index is 1.28. The predicted octanol–water partition coefficient (Wildman–Crippen LogP) is 6.18. The lowest BCUT2D eigenvalue weighted by atomic mass is 9.89. The Morgan fingerprint density at radius 1 is 0.533 bits per heavy atom. The standard InChI is InChI=1S/C28H30N2/c1-3-15-25-21(9-1)11-7-13-23(25)19-29-27-17-5-6-18-28(27)30-20-24-14-8-12-22-10-2-4-16-26(22)24/h1-4,7-16,27-30H,5-6,17-20H2/t27-,28-/m1/s1. The van der Waals surface area contributed by atoms with Crippen molar-refractivity contribution in [1.29, 1.82) is 0 Å². The van der Waals surface area contributed by atoms with E-state index >= 15 is 0 Å². The summed E-state index contributed by atoms with van der Waals surface area (Å²) in [5.74, 6) is 0. The summed E-state index contributed by atoms with van der Waals surface area (Å²) in [6.07, 6.45) is 5.13. The molecule has 2 heteroatoms. The predicted molar refractivity (Wildman–Crippen MR) is 128 cm³/mol. The average Bonchev–Trinajstić information content (AvgIpc) is 2.82. The van der Waals surface area contributed by atoms with Crippen molar-refractivity contribution in [2.45, 2.75) is 50.9 Å². The van der Waals surface area contributed by atoms with Crippen molar-refractivity contribution in [3.63, 3.8) is 0 Å². The molecule has 1 fully saturated rings. The lowest BCUT2D eigenvalue weighted by molar-refractivity contribution is 0.281. The van der Waals surface area contributed by atoms with E-state index in [-0.39, 0.29) is 0 Å². The van der Waals surface area contributed by atoms with E-state index in [0.717, 1.165) is 13.1 Å². The van der Waals surface area contributed by atoms with Gasteiger partial charge in [0, 0.05) is 25.2 Å². The molecule has 2 N–H and O–H groups in total. The summed E-state index contributed by atoms with van der Waals surface area (Å²) in [5, 5.41) is 13.2. The van der Waals surface area contributed by atoms with E-state index in [1.165, 1.54) is 58.4 Å². The highest BCUT2D eigenvalue weighted by molar-refractivity contribution is 5.86. The lowest BCUT2D eigenvalue weighted by Crippen LogP contribution is -2.49. The minimum absolute atomic E-state index is 0.521. The van der Waals surface area contributed by atoms with E-state index in [1.807, 2.05) is 0 Å². The van der Waals surface area contributed by atoms with Crippen LogP contribution in [0.25, 0.3) is 21.5 Å². The molecule has 2 nitrogen and oxygen atoms in total. The Morgan fingerprint density at radius 2 is 0.967 bits per heavy atom. The number of benzene rings is 4. The first kappa shape index (κ1) is 19.3. The van der Waals surface area contributed by atoms with Crippen LogP contribution in [0.3, 0.4) is 0 Å². The molecule has 0 saturated heterocycles. The molecule has 0 bridgehead atoms. The zero-order chi connectivity index (χ0) is 20.2. The third-order valence-corrected chi connectivity index (χ3v) is 6.64. The van der Waals surface area contributed by atoms with Crippen molar-refractivity contribution in [2.75, 3.05) is 0 Å². The Labute approximate surface area is 179 Å². The Morgan fingerprint density at radius 3 is 1.47 bits per heavy atom. The van der Waals surface area contributed by atoms with E-state index in [4.69, 9.17) is 0 Å². The van der Waals surface area contributed by atoms with Crippen molar-refractivity contribution in [3.05, 3.63) is 96.1 Å². The smallest absolute Gasteiger partial charge is 0.0224 e. The van der Waals surface area contributed by atoms with Crippen LogP contribution in [0.2, 0.25) is 0 Å². The largest absolute Gasteiger partial charge is 0.308 e. The molecule has 152 valence electrons. The Hall–Kier alpha value is -2.68. The van der Waals surface area contributed by atoms with Gasteiger partial charge in [-0.15, -0.1) is 0 Å². The fourth-order valence-corrected chi connectivity index (χ4v) is 4.99. The van der Waals surface area contributed by atoms with Crippen molar-refractivity contribution in [3.8, 4) is 0 Å². The van der Waals surface area contributed by atoms with Crippen LogP contribution in [-0.4, -0.2) is 12.1 Å². The molecular weight excluding hydrogens is 364 g/mol. The van der Waals surface area contributed by atoms with Gasteiger partial charge < -0.3 is 10.6 Å². The van der Waals surface area contributed by atoms with Gasteiger partial charge in [0.1, 0.15) is 0 Å². The number of fused-ring (bicyclic) bond motifs is 2. The zero-order valence-electron chi connectivity index (χ0n) is 17.5. The maximum Gasteiger partial charge on any atom is 0.0224 e. The number of nitrogens with one attached hydrogen (secondary N) is 2. The molecule has 1 aliphatic carbocycles.